The highest BCUT2D eigenvalue weighted by atomic mass is 16.1. The number of hydrogen-bond acceptors (Lipinski definition) is 1. The van der Waals surface area contributed by atoms with Crippen molar-refractivity contribution in [1.82, 2.24) is 5.32 Å². The third kappa shape index (κ3) is 2.98. The van der Waals surface area contributed by atoms with E-state index in [2.05, 4.69) is 38.2 Å². The van der Waals surface area contributed by atoms with Crippen molar-refractivity contribution in [3.8, 4) is 0 Å². The average molecular weight is 358 g/mol. The van der Waals surface area contributed by atoms with E-state index in [-0.39, 0.29) is 5.91 Å². The second kappa shape index (κ2) is 7.17. The summed E-state index contributed by atoms with van der Waals surface area (Å²) >= 11 is 0. The summed E-state index contributed by atoms with van der Waals surface area (Å²) in [7, 11) is 0. The number of carbonyl (C=O) groups excluding carboxylic acids is 1. The molecule has 2 fully saturated rings. The van der Waals surface area contributed by atoms with Gasteiger partial charge in [0, 0.05) is 13.0 Å². The highest BCUT2D eigenvalue weighted by Gasteiger charge is 2.55. The van der Waals surface area contributed by atoms with Crippen molar-refractivity contribution in [2.75, 3.05) is 0 Å². The third-order valence-corrected chi connectivity index (χ3v) is 8.48. The summed E-state index contributed by atoms with van der Waals surface area (Å²) in [6.07, 6.45) is 13.9. The van der Waals surface area contributed by atoms with E-state index in [1.54, 1.807) is 18.1 Å². The van der Waals surface area contributed by atoms with E-state index < -0.39 is 0 Å². The fourth-order valence-corrected chi connectivity index (χ4v) is 6.85. The highest BCUT2D eigenvalue weighted by molar-refractivity contribution is 5.73. The summed E-state index contributed by atoms with van der Waals surface area (Å²) in [5, 5.41) is 3.16. The molecule has 0 radical (unpaired) electrons. The van der Waals surface area contributed by atoms with Crippen molar-refractivity contribution in [3.05, 3.63) is 23.3 Å². The maximum Gasteiger partial charge on any atom is 0.217 e. The summed E-state index contributed by atoms with van der Waals surface area (Å²) in [6, 6.07) is 0.364. The van der Waals surface area contributed by atoms with Crippen LogP contribution in [0.3, 0.4) is 0 Å². The van der Waals surface area contributed by atoms with Gasteiger partial charge in [0.2, 0.25) is 5.91 Å². The lowest BCUT2D eigenvalue weighted by molar-refractivity contribution is -0.120. The molecular weight excluding hydrogens is 318 g/mol. The van der Waals surface area contributed by atoms with Gasteiger partial charge in [-0.05, 0) is 80.5 Å². The summed E-state index contributed by atoms with van der Waals surface area (Å²) in [4.78, 5) is 11.4. The van der Waals surface area contributed by atoms with Crippen LogP contribution in [0.5, 0.6) is 0 Å². The van der Waals surface area contributed by atoms with Crippen LogP contribution in [0.15, 0.2) is 23.3 Å². The van der Waals surface area contributed by atoms with Gasteiger partial charge in [-0.2, -0.15) is 0 Å². The van der Waals surface area contributed by atoms with Crippen LogP contribution in [0.2, 0.25) is 0 Å². The van der Waals surface area contributed by atoms with Gasteiger partial charge in [0.05, 0.1) is 0 Å². The van der Waals surface area contributed by atoms with E-state index in [1.165, 1.54) is 32.1 Å². The second-order valence-corrected chi connectivity index (χ2v) is 9.48. The van der Waals surface area contributed by atoms with E-state index in [0.717, 1.165) is 30.6 Å². The molecule has 0 bridgehead atoms. The number of carbonyl (C=O) groups is 1. The highest BCUT2D eigenvalue weighted by Crippen LogP contribution is 2.64. The van der Waals surface area contributed by atoms with Gasteiger partial charge in [-0.3, -0.25) is 4.79 Å². The Kier molecular flexibility index (Phi) is 5.43. The van der Waals surface area contributed by atoms with Crippen LogP contribution in [-0.2, 0) is 4.79 Å². The van der Waals surface area contributed by atoms with Gasteiger partial charge in [-0.15, -0.1) is 0 Å². The van der Waals surface area contributed by atoms with Crippen LogP contribution in [-0.4, -0.2) is 11.9 Å². The fraction of sp³-hybridized carbons (Fsp3) is 0.792. The first kappa shape index (κ1) is 19.7. The Morgan fingerprint density at radius 2 is 1.73 bits per heavy atom. The number of hydrogen-bond donors (Lipinski definition) is 1. The summed E-state index contributed by atoms with van der Waals surface area (Å²) < 4.78 is 0. The zero-order valence-corrected chi connectivity index (χ0v) is 17.8. The maximum absolute atomic E-state index is 11.4. The zero-order valence-electron chi connectivity index (χ0n) is 17.8. The molecule has 2 heteroatoms. The lowest BCUT2D eigenvalue weighted by atomic mass is 9.47. The first-order valence-corrected chi connectivity index (χ1v) is 11.0. The Morgan fingerprint density at radius 1 is 1.04 bits per heavy atom. The molecule has 1 N–H and O–H groups in total. The minimum atomic E-state index is 0.124. The molecule has 4 aliphatic carbocycles. The van der Waals surface area contributed by atoms with E-state index in [9.17, 15) is 4.79 Å². The molecule has 0 spiro atoms. The SMILES string of the molecule is CC.CC(=O)N[C@@H]1CCC2(C)C(=CCC3C4CC=C(C)C4(C)CCC32)C1. The van der Waals surface area contributed by atoms with Crippen molar-refractivity contribution in [2.24, 2.45) is 28.6 Å². The molecule has 146 valence electrons. The number of allylic oxidation sites excluding steroid dienone is 3. The quantitative estimate of drug-likeness (QED) is 0.570. The molecular formula is C24H39NO. The van der Waals surface area contributed by atoms with Crippen LogP contribution in [0.4, 0.5) is 0 Å². The minimum Gasteiger partial charge on any atom is -0.353 e. The second-order valence-electron chi connectivity index (χ2n) is 9.48. The zero-order chi connectivity index (χ0) is 19.1. The first-order valence-electron chi connectivity index (χ1n) is 11.0. The van der Waals surface area contributed by atoms with E-state index in [1.807, 2.05) is 13.8 Å². The Labute approximate surface area is 160 Å². The standard InChI is InChI=1S/C22H33NO.C2H6/c1-14-5-8-19-18-7-6-16-13-17(23-15(2)24)9-11-22(16,4)20(18)10-12-21(14,19)3;1-2/h5-6,17-20H,7-13H2,1-4H3,(H,23,24);1-2H3/t17-,18?,19?,20?,21?,22?;/m1./s1. The van der Waals surface area contributed by atoms with Crippen molar-refractivity contribution >= 4 is 5.91 Å². The van der Waals surface area contributed by atoms with Crippen LogP contribution < -0.4 is 5.32 Å². The normalized spacial score (nSPS) is 43.6. The molecule has 2 saturated carbocycles. The lowest BCUT2D eigenvalue weighted by Gasteiger charge is -2.58. The maximum atomic E-state index is 11.4. The summed E-state index contributed by atoms with van der Waals surface area (Å²) in [6.45, 7) is 13.1. The molecule has 0 aliphatic heterocycles. The summed E-state index contributed by atoms with van der Waals surface area (Å²) in [5.74, 6) is 2.70. The predicted molar refractivity (Wildman–Crippen MR) is 110 cm³/mol. The topological polar surface area (TPSA) is 29.1 Å². The van der Waals surface area contributed by atoms with Crippen LogP contribution >= 0.6 is 0 Å². The third-order valence-electron chi connectivity index (χ3n) is 8.48. The summed E-state index contributed by atoms with van der Waals surface area (Å²) in [5.41, 5.74) is 4.16. The molecule has 0 aromatic heterocycles. The Morgan fingerprint density at radius 3 is 2.42 bits per heavy atom. The van der Waals surface area contributed by atoms with E-state index in [4.69, 9.17) is 0 Å². The molecule has 26 heavy (non-hydrogen) atoms. The number of amides is 1. The molecule has 0 aromatic carbocycles. The minimum absolute atomic E-state index is 0.124. The smallest absolute Gasteiger partial charge is 0.217 e. The van der Waals surface area contributed by atoms with Gasteiger partial charge in [0.25, 0.3) is 0 Å². The van der Waals surface area contributed by atoms with Gasteiger partial charge in [-0.25, -0.2) is 0 Å². The molecule has 0 saturated heterocycles. The molecule has 2 nitrogen and oxygen atoms in total. The molecule has 0 aromatic rings. The Hall–Kier alpha value is -1.05. The van der Waals surface area contributed by atoms with Gasteiger partial charge >= 0.3 is 0 Å². The van der Waals surface area contributed by atoms with Crippen LogP contribution in [0.1, 0.15) is 86.5 Å². The molecule has 4 rings (SSSR count). The Balaban J connectivity index is 0.000000948. The molecule has 1 amide bonds. The van der Waals surface area contributed by atoms with E-state index in [0.29, 0.717) is 16.9 Å². The van der Waals surface area contributed by atoms with E-state index >= 15 is 0 Å². The van der Waals surface area contributed by atoms with Gasteiger partial charge in [-0.1, -0.05) is 51.0 Å². The lowest BCUT2D eigenvalue weighted by Crippen LogP contribution is -2.51. The molecule has 4 aliphatic rings. The van der Waals surface area contributed by atoms with Gasteiger partial charge in [0.1, 0.15) is 0 Å². The number of nitrogens with one attached hydrogen (secondary N) is 1. The fourth-order valence-electron chi connectivity index (χ4n) is 6.85. The van der Waals surface area contributed by atoms with Crippen molar-refractivity contribution < 1.29 is 4.79 Å². The average Bonchev–Trinajstić information content (AvgIpc) is 2.92. The first-order chi connectivity index (χ1) is 12.3. The van der Waals surface area contributed by atoms with Crippen molar-refractivity contribution in [3.63, 3.8) is 0 Å². The number of rotatable bonds is 1. The van der Waals surface area contributed by atoms with Crippen LogP contribution in [0, 0.1) is 28.6 Å². The predicted octanol–water partition coefficient (Wildman–Crippen LogP) is 6.04. The van der Waals surface area contributed by atoms with Crippen molar-refractivity contribution in [1.29, 1.82) is 0 Å². The molecule has 5 unspecified atom stereocenters. The van der Waals surface area contributed by atoms with Gasteiger partial charge < -0.3 is 5.32 Å². The Bertz CT molecular complexity index is 618. The van der Waals surface area contributed by atoms with Crippen LogP contribution in [0.25, 0.3) is 0 Å². The molecule has 6 atom stereocenters. The van der Waals surface area contributed by atoms with Crippen molar-refractivity contribution in [2.45, 2.75) is 92.5 Å². The van der Waals surface area contributed by atoms with Gasteiger partial charge in [0.15, 0.2) is 0 Å². The molecule has 0 heterocycles. The monoisotopic (exact) mass is 357 g/mol. The largest absolute Gasteiger partial charge is 0.353 e. The number of fused-ring (bicyclic) bond motifs is 5.